The minimum absolute atomic E-state index is 0.214. The number of hydrogen-bond acceptors (Lipinski definition) is 2. The number of halogens is 1. The molecule has 4 heteroatoms. The average Bonchev–Trinajstić information content (AvgIpc) is 3.40. The highest BCUT2D eigenvalue weighted by Crippen LogP contribution is 2.57. The number of aryl methyl sites for hydroxylation is 1. The molecule has 3 aliphatic rings. The van der Waals surface area contributed by atoms with Gasteiger partial charge >= 0.3 is 0 Å². The Kier molecular flexibility index (Phi) is 3.74. The first-order valence-corrected chi connectivity index (χ1v) is 11.0. The molecule has 1 aliphatic heterocycles. The Labute approximate surface area is 170 Å². The van der Waals surface area contributed by atoms with E-state index >= 15 is 0 Å². The zero-order valence-corrected chi connectivity index (χ0v) is 17.0. The number of benzene rings is 2. The van der Waals surface area contributed by atoms with Gasteiger partial charge in [-0.05, 0) is 104 Å². The van der Waals surface area contributed by atoms with Crippen molar-refractivity contribution in [3.63, 3.8) is 0 Å². The molecular weight excluding hydrogens is 363 g/mol. The quantitative estimate of drug-likeness (QED) is 0.524. The molecule has 2 fully saturated rings. The van der Waals surface area contributed by atoms with Crippen LogP contribution in [0.5, 0.6) is 0 Å². The Morgan fingerprint density at radius 1 is 1.21 bits per heavy atom. The molecule has 1 aromatic heterocycles. The third-order valence-corrected chi connectivity index (χ3v) is 8.01. The maximum Gasteiger partial charge on any atom is 0.123 e. The number of rotatable bonds is 2. The molecule has 2 aromatic carbocycles. The zero-order chi connectivity index (χ0) is 19.6. The van der Waals surface area contributed by atoms with Gasteiger partial charge in [0.15, 0.2) is 0 Å². The molecule has 29 heavy (non-hydrogen) atoms. The van der Waals surface area contributed by atoms with Crippen LogP contribution in [-0.2, 0) is 16.6 Å². The third kappa shape index (κ3) is 2.61. The van der Waals surface area contributed by atoms with Crippen molar-refractivity contribution < 1.29 is 9.13 Å². The van der Waals surface area contributed by atoms with Gasteiger partial charge in [-0.1, -0.05) is 6.92 Å². The molecule has 3 aromatic rings. The number of nitrogens with zero attached hydrogens (tertiary/aromatic N) is 2. The second kappa shape index (κ2) is 6.15. The van der Waals surface area contributed by atoms with E-state index in [1.165, 1.54) is 61.6 Å². The van der Waals surface area contributed by atoms with Crippen molar-refractivity contribution in [1.29, 1.82) is 0 Å². The normalized spacial score (nSPS) is 30.8. The Balaban J connectivity index is 1.49. The summed E-state index contributed by atoms with van der Waals surface area (Å²) in [5.41, 5.74) is 5.56. The molecule has 0 amide bonds. The molecule has 1 spiro atoms. The third-order valence-electron chi connectivity index (χ3n) is 8.01. The number of hydrogen-bond donors (Lipinski definition) is 0. The van der Waals surface area contributed by atoms with Gasteiger partial charge in [-0.15, -0.1) is 0 Å². The largest absolute Gasteiger partial charge is 0.370 e. The number of epoxide rings is 1. The Bertz CT molecular complexity index is 1080. The fraction of sp³-hybridized carbons (Fsp3) is 0.480. The minimum Gasteiger partial charge on any atom is -0.370 e. The van der Waals surface area contributed by atoms with E-state index < -0.39 is 0 Å². The molecule has 3 atom stereocenters. The highest BCUT2D eigenvalue weighted by Gasteiger charge is 2.56. The van der Waals surface area contributed by atoms with E-state index in [1.54, 1.807) is 17.7 Å². The zero-order valence-electron chi connectivity index (χ0n) is 17.0. The van der Waals surface area contributed by atoms with Crippen molar-refractivity contribution in [2.45, 2.75) is 62.9 Å². The first-order valence-electron chi connectivity index (χ1n) is 11.0. The molecule has 3 unspecified atom stereocenters. The summed E-state index contributed by atoms with van der Waals surface area (Å²) >= 11 is 0. The van der Waals surface area contributed by atoms with Gasteiger partial charge < -0.3 is 4.74 Å². The Hall–Kier alpha value is -2.20. The van der Waals surface area contributed by atoms with Crippen LogP contribution in [0, 0.1) is 11.7 Å². The molecule has 1 saturated carbocycles. The standard InChI is InChI=1S/C25H27FN2O/c1-2-25-11-10-24(16-29-24)14-19(25)5-3-4-17-13-23-18(12-22(17)25)15-27-28(23)21-8-6-20(26)7-9-21/h6-9,12-13,15,19H,2-5,10-11,14,16H2,1H3. The first kappa shape index (κ1) is 17.6. The summed E-state index contributed by atoms with van der Waals surface area (Å²) in [6.07, 6.45) is 10.5. The SMILES string of the molecule is CCC12CCC3(CO3)CC1CCCc1cc3c(cnn3-c3ccc(F)cc3)cc12. The van der Waals surface area contributed by atoms with Crippen LogP contribution in [-0.4, -0.2) is 22.0 Å². The molecule has 0 bridgehead atoms. The van der Waals surface area contributed by atoms with E-state index in [1.807, 2.05) is 10.9 Å². The monoisotopic (exact) mass is 390 g/mol. The van der Waals surface area contributed by atoms with Crippen molar-refractivity contribution in [2.24, 2.45) is 5.92 Å². The van der Waals surface area contributed by atoms with Gasteiger partial charge in [-0.25, -0.2) is 9.07 Å². The minimum atomic E-state index is -0.218. The van der Waals surface area contributed by atoms with Gasteiger partial charge in [0, 0.05) is 5.39 Å². The van der Waals surface area contributed by atoms with Crippen molar-refractivity contribution >= 4 is 10.9 Å². The van der Waals surface area contributed by atoms with Crippen molar-refractivity contribution in [3.8, 4) is 5.69 Å². The van der Waals surface area contributed by atoms with Gasteiger partial charge in [0.2, 0.25) is 0 Å². The molecule has 0 N–H and O–H groups in total. The van der Waals surface area contributed by atoms with Crippen LogP contribution in [0.25, 0.3) is 16.6 Å². The number of ether oxygens (including phenoxy) is 1. The van der Waals surface area contributed by atoms with Gasteiger partial charge in [-0.3, -0.25) is 0 Å². The van der Waals surface area contributed by atoms with Crippen LogP contribution in [0.4, 0.5) is 4.39 Å². The van der Waals surface area contributed by atoms with Crippen molar-refractivity contribution in [1.82, 2.24) is 9.78 Å². The van der Waals surface area contributed by atoms with Gasteiger partial charge in [0.1, 0.15) is 5.82 Å². The van der Waals surface area contributed by atoms with Crippen LogP contribution in [0.1, 0.15) is 56.6 Å². The van der Waals surface area contributed by atoms with Crippen LogP contribution in [0.2, 0.25) is 0 Å². The lowest BCUT2D eigenvalue weighted by Gasteiger charge is -2.46. The highest BCUT2D eigenvalue weighted by molar-refractivity contribution is 5.82. The topological polar surface area (TPSA) is 30.4 Å². The second-order valence-electron chi connectivity index (χ2n) is 9.38. The van der Waals surface area contributed by atoms with Crippen LogP contribution >= 0.6 is 0 Å². The van der Waals surface area contributed by atoms with Crippen molar-refractivity contribution in [3.05, 3.63) is 59.5 Å². The molecule has 150 valence electrons. The smallest absolute Gasteiger partial charge is 0.123 e. The molecular formula is C25H27FN2O. The summed E-state index contributed by atoms with van der Waals surface area (Å²) in [6.45, 7) is 3.35. The predicted octanol–water partition coefficient (Wildman–Crippen LogP) is 5.72. The summed E-state index contributed by atoms with van der Waals surface area (Å²) in [5.74, 6) is 0.499. The van der Waals surface area contributed by atoms with Crippen LogP contribution in [0.15, 0.2) is 42.6 Å². The second-order valence-corrected chi connectivity index (χ2v) is 9.38. The van der Waals surface area contributed by atoms with E-state index in [0.29, 0.717) is 0 Å². The van der Waals surface area contributed by atoms with Crippen LogP contribution < -0.4 is 0 Å². The molecule has 0 radical (unpaired) electrons. The van der Waals surface area contributed by atoms with Crippen LogP contribution in [0.3, 0.4) is 0 Å². The number of fused-ring (bicyclic) bond motifs is 4. The Morgan fingerprint density at radius 3 is 2.79 bits per heavy atom. The van der Waals surface area contributed by atoms with Crippen molar-refractivity contribution in [2.75, 3.05) is 6.61 Å². The van der Waals surface area contributed by atoms with Gasteiger partial charge in [-0.2, -0.15) is 5.10 Å². The van der Waals surface area contributed by atoms with E-state index in [-0.39, 0.29) is 16.8 Å². The fourth-order valence-corrected chi connectivity index (χ4v) is 6.27. The van der Waals surface area contributed by atoms with E-state index in [9.17, 15) is 4.39 Å². The van der Waals surface area contributed by atoms with E-state index in [4.69, 9.17) is 4.74 Å². The lowest BCUT2D eigenvalue weighted by Crippen LogP contribution is -2.43. The average molecular weight is 391 g/mol. The van der Waals surface area contributed by atoms with Gasteiger partial charge in [0.25, 0.3) is 0 Å². The molecule has 2 heterocycles. The summed E-state index contributed by atoms with van der Waals surface area (Å²) in [4.78, 5) is 0. The fourth-order valence-electron chi connectivity index (χ4n) is 6.27. The lowest BCUT2D eigenvalue weighted by molar-refractivity contribution is 0.0970. The Morgan fingerprint density at radius 2 is 2.03 bits per heavy atom. The molecule has 6 rings (SSSR count). The maximum absolute atomic E-state index is 13.4. The summed E-state index contributed by atoms with van der Waals surface area (Å²) in [6, 6.07) is 11.4. The maximum atomic E-state index is 13.4. The highest BCUT2D eigenvalue weighted by atomic mass is 19.1. The molecule has 2 aliphatic carbocycles. The molecule has 3 nitrogen and oxygen atoms in total. The first-order chi connectivity index (χ1) is 14.1. The van der Waals surface area contributed by atoms with E-state index in [2.05, 4.69) is 24.2 Å². The lowest BCUT2D eigenvalue weighted by atomic mass is 9.58. The summed E-state index contributed by atoms with van der Waals surface area (Å²) in [5, 5.41) is 5.83. The summed E-state index contributed by atoms with van der Waals surface area (Å²) in [7, 11) is 0. The summed E-state index contributed by atoms with van der Waals surface area (Å²) < 4.78 is 21.2. The van der Waals surface area contributed by atoms with Gasteiger partial charge in [0.05, 0.1) is 29.6 Å². The van der Waals surface area contributed by atoms with E-state index in [0.717, 1.165) is 30.1 Å². The number of aromatic nitrogens is 2. The molecule has 1 saturated heterocycles. The predicted molar refractivity (Wildman–Crippen MR) is 112 cm³/mol.